The average Bonchev–Trinajstić information content (AvgIpc) is 2.78. The molecule has 0 unspecified atom stereocenters. The summed E-state index contributed by atoms with van der Waals surface area (Å²) < 4.78 is 6.80. The lowest BCUT2D eigenvalue weighted by atomic mass is 10.2. The lowest BCUT2D eigenvalue weighted by molar-refractivity contribution is 0.112. The molecule has 0 aliphatic heterocycles. The zero-order valence-electron chi connectivity index (χ0n) is 8.96. The van der Waals surface area contributed by atoms with Gasteiger partial charge in [-0.1, -0.05) is 12.1 Å². The minimum atomic E-state index is 0.591. The van der Waals surface area contributed by atoms with Crippen molar-refractivity contribution < 1.29 is 9.53 Å². The van der Waals surface area contributed by atoms with Crippen LogP contribution < -0.4 is 4.74 Å². The van der Waals surface area contributed by atoms with Gasteiger partial charge in [-0.15, -0.1) is 0 Å². The lowest BCUT2D eigenvalue weighted by Crippen LogP contribution is -1.99. The van der Waals surface area contributed by atoms with Gasteiger partial charge in [-0.2, -0.15) is 5.10 Å². The van der Waals surface area contributed by atoms with Gasteiger partial charge < -0.3 is 4.74 Å². The smallest absolute Gasteiger partial charge is 0.153 e. The molecule has 0 amide bonds. The highest BCUT2D eigenvalue weighted by molar-refractivity contribution is 5.73. The SMILES string of the molecule is COc1ccc(Cn2cc(C=O)cn2)cc1. The van der Waals surface area contributed by atoms with Crippen LogP contribution in [0.1, 0.15) is 15.9 Å². The Morgan fingerprint density at radius 1 is 1.38 bits per heavy atom. The van der Waals surface area contributed by atoms with Crippen molar-refractivity contribution in [1.82, 2.24) is 9.78 Å². The van der Waals surface area contributed by atoms with Gasteiger partial charge in [0, 0.05) is 6.20 Å². The van der Waals surface area contributed by atoms with Crippen molar-refractivity contribution in [2.24, 2.45) is 0 Å². The average molecular weight is 216 g/mol. The number of ether oxygens (including phenoxy) is 1. The third-order valence-electron chi connectivity index (χ3n) is 2.29. The zero-order valence-corrected chi connectivity index (χ0v) is 8.96. The van der Waals surface area contributed by atoms with E-state index < -0.39 is 0 Å². The molecule has 0 saturated heterocycles. The Bertz CT molecular complexity index is 474. The van der Waals surface area contributed by atoms with Crippen LogP contribution in [-0.2, 0) is 6.54 Å². The molecule has 1 aromatic carbocycles. The van der Waals surface area contributed by atoms with E-state index in [4.69, 9.17) is 4.74 Å². The molecule has 4 nitrogen and oxygen atoms in total. The molecule has 4 heteroatoms. The van der Waals surface area contributed by atoms with E-state index in [2.05, 4.69) is 5.10 Å². The van der Waals surface area contributed by atoms with Gasteiger partial charge in [-0.05, 0) is 17.7 Å². The van der Waals surface area contributed by atoms with Crippen LogP contribution in [0.4, 0.5) is 0 Å². The highest BCUT2D eigenvalue weighted by atomic mass is 16.5. The first kappa shape index (κ1) is 10.4. The molecule has 0 saturated carbocycles. The van der Waals surface area contributed by atoms with Crippen LogP contribution in [0, 0.1) is 0 Å². The summed E-state index contributed by atoms with van der Waals surface area (Å²) in [6, 6.07) is 7.75. The molecule has 0 atom stereocenters. The predicted molar refractivity (Wildman–Crippen MR) is 59.7 cm³/mol. The molecular weight excluding hydrogens is 204 g/mol. The first-order valence-corrected chi connectivity index (χ1v) is 4.92. The number of rotatable bonds is 4. The molecule has 16 heavy (non-hydrogen) atoms. The van der Waals surface area contributed by atoms with E-state index in [1.54, 1.807) is 24.2 Å². The number of aromatic nitrogens is 2. The Hall–Kier alpha value is -2.10. The van der Waals surface area contributed by atoms with E-state index in [0.29, 0.717) is 12.1 Å². The highest BCUT2D eigenvalue weighted by Crippen LogP contribution is 2.12. The maximum absolute atomic E-state index is 10.5. The normalized spacial score (nSPS) is 10.1. The Morgan fingerprint density at radius 2 is 2.12 bits per heavy atom. The fourth-order valence-corrected chi connectivity index (χ4v) is 1.44. The van der Waals surface area contributed by atoms with E-state index >= 15 is 0 Å². The van der Waals surface area contributed by atoms with Crippen LogP contribution in [0.25, 0.3) is 0 Å². The van der Waals surface area contributed by atoms with Crippen molar-refractivity contribution >= 4 is 6.29 Å². The topological polar surface area (TPSA) is 44.1 Å². The molecule has 0 spiro atoms. The van der Waals surface area contributed by atoms with Crippen molar-refractivity contribution in [1.29, 1.82) is 0 Å². The van der Waals surface area contributed by atoms with Crippen molar-refractivity contribution in [3.05, 3.63) is 47.8 Å². The van der Waals surface area contributed by atoms with Crippen LogP contribution in [0.3, 0.4) is 0 Å². The molecule has 0 bridgehead atoms. The van der Waals surface area contributed by atoms with Crippen molar-refractivity contribution in [2.45, 2.75) is 6.54 Å². The monoisotopic (exact) mass is 216 g/mol. The van der Waals surface area contributed by atoms with Gasteiger partial charge in [0.15, 0.2) is 6.29 Å². The van der Waals surface area contributed by atoms with Crippen LogP contribution in [0.2, 0.25) is 0 Å². The van der Waals surface area contributed by atoms with E-state index in [1.165, 1.54) is 0 Å². The third-order valence-corrected chi connectivity index (χ3v) is 2.29. The van der Waals surface area contributed by atoms with Gasteiger partial charge in [0.2, 0.25) is 0 Å². The molecule has 0 N–H and O–H groups in total. The zero-order chi connectivity index (χ0) is 11.4. The quantitative estimate of drug-likeness (QED) is 0.731. The first-order chi connectivity index (χ1) is 7.81. The molecule has 1 heterocycles. The Morgan fingerprint density at radius 3 is 2.69 bits per heavy atom. The van der Waals surface area contributed by atoms with Gasteiger partial charge >= 0.3 is 0 Å². The number of carbonyl (C=O) groups is 1. The van der Waals surface area contributed by atoms with Gasteiger partial charge in [0.25, 0.3) is 0 Å². The van der Waals surface area contributed by atoms with Gasteiger partial charge in [-0.25, -0.2) is 0 Å². The second-order valence-electron chi connectivity index (χ2n) is 3.44. The number of aldehydes is 1. The third kappa shape index (κ3) is 2.28. The second kappa shape index (κ2) is 4.61. The summed E-state index contributed by atoms with van der Waals surface area (Å²) in [6.45, 7) is 0.651. The number of nitrogens with zero attached hydrogens (tertiary/aromatic N) is 2. The lowest BCUT2D eigenvalue weighted by Gasteiger charge is -2.03. The summed E-state index contributed by atoms with van der Waals surface area (Å²) in [5.41, 5.74) is 1.70. The number of methoxy groups -OCH3 is 1. The largest absolute Gasteiger partial charge is 0.497 e. The van der Waals surface area contributed by atoms with Crippen molar-refractivity contribution in [2.75, 3.05) is 7.11 Å². The van der Waals surface area contributed by atoms with Gasteiger partial charge in [0.05, 0.1) is 25.4 Å². The van der Waals surface area contributed by atoms with E-state index in [-0.39, 0.29) is 0 Å². The fourth-order valence-electron chi connectivity index (χ4n) is 1.44. The second-order valence-corrected chi connectivity index (χ2v) is 3.44. The summed E-state index contributed by atoms with van der Waals surface area (Å²) in [5.74, 6) is 0.831. The Kier molecular flexibility index (Phi) is 3.00. The van der Waals surface area contributed by atoms with Crippen LogP contribution in [0.15, 0.2) is 36.7 Å². The molecule has 0 radical (unpaired) electrons. The summed E-state index contributed by atoms with van der Waals surface area (Å²) in [7, 11) is 1.64. The van der Waals surface area contributed by atoms with Crippen LogP contribution >= 0.6 is 0 Å². The van der Waals surface area contributed by atoms with Crippen LogP contribution in [0.5, 0.6) is 5.75 Å². The summed E-state index contributed by atoms with van der Waals surface area (Å²) in [6.07, 6.45) is 4.06. The van der Waals surface area contributed by atoms with E-state index in [0.717, 1.165) is 17.6 Å². The molecule has 0 fully saturated rings. The highest BCUT2D eigenvalue weighted by Gasteiger charge is 1.99. The number of benzene rings is 1. The predicted octanol–water partition coefficient (Wildman–Crippen LogP) is 1.75. The van der Waals surface area contributed by atoms with Crippen LogP contribution in [-0.4, -0.2) is 23.2 Å². The molecule has 82 valence electrons. The molecule has 2 rings (SSSR count). The Balaban J connectivity index is 2.10. The number of hydrogen-bond donors (Lipinski definition) is 0. The summed E-state index contributed by atoms with van der Waals surface area (Å²) in [4.78, 5) is 10.5. The summed E-state index contributed by atoms with van der Waals surface area (Å²) >= 11 is 0. The summed E-state index contributed by atoms with van der Waals surface area (Å²) in [5, 5.41) is 4.08. The first-order valence-electron chi connectivity index (χ1n) is 4.92. The fraction of sp³-hybridized carbons (Fsp3) is 0.167. The Labute approximate surface area is 93.5 Å². The maximum atomic E-state index is 10.5. The van der Waals surface area contributed by atoms with E-state index in [1.807, 2.05) is 24.3 Å². The van der Waals surface area contributed by atoms with Crippen molar-refractivity contribution in [3.8, 4) is 5.75 Å². The minimum Gasteiger partial charge on any atom is -0.497 e. The van der Waals surface area contributed by atoms with E-state index in [9.17, 15) is 4.79 Å². The van der Waals surface area contributed by atoms with Gasteiger partial charge in [-0.3, -0.25) is 9.48 Å². The molecule has 0 aliphatic rings. The molecule has 0 aliphatic carbocycles. The molecule has 2 aromatic rings. The molecule has 1 aromatic heterocycles. The van der Waals surface area contributed by atoms with Crippen molar-refractivity contribution in [3.63, 3.8) is 0 Å². The minimum absolute atomic E-state index is 0.591. The number of carbonyl (C=O) groups excluding carboxylic acids is 1. The standard InChI is InChI=1S/C12H12N2O2/c1-16-12-4-2-10(3-5-12)7-14-8-11(9-15)6-13-14/h2-6,8-9H,7H2,1H3. The van der Waals surface area contributed by atoms with Gasteiger partial charge in [0.1, 0.15) is 5.75 Å². The maximum Gasteiger partial charge on any atom is 0.153 e. The number of hydrogen-bond acceptors (Lipinski definition) is 3. The molecular formula is C12H12N2O2.